The molecule has 0 spiro atoms. The molecule has 0 unspecified atom stereocenters. The maximum atomic E-state index is 13.6. The Kier molecular flexibility index (Phi) is 2.86. The predicted molar refractivity (Wildman–Crippen MR) is 87.2 cm³/mol. The van der Waals surface area contributed by atoms with E-state index < -0.39 is 0 Å². The third-order valence-corrected chi connectivity index (χ3v) is 3.79. The Labute approximate surface area is 127 Å². The van der Waals surface area contributed by atoms with E-state index in [2.05, 4.69) is 22.1 Å². The molecule has 0 atom stereocenters. The van der Waals surface area contributed by atoms with Gasteiger partial charge in [0.25, 0.3) is 0 Å². The van der Waals surface area contributed by atoms with Crippen LogP contribution in [0.1, 0.15) is 5.56 Å². The SMILES string of the molecule is Cc1cc(F)cc(-c2ncc3c(ccc4ccccc43)n2)c1. The average Bonchev–Trinajstić information content (AvgIpc) is 2.53. The predicted octanol–water partition coefficient (Wildman–Crippen LogP) is 4.90. The molecule has 0 aliphatic carbocycles. The molecule has 4 aromatic rings. The van der Waals surface area contributed by atoms with Gasteiger partial charge >= 0.3 is 0 Å². The number of aromatic nitrogens is 2. The molecule has 3 heteroatoms. The van der Waals surface area contributed by atoms with Crippen molar-refractivity contribution in [1.82, 2.24) is 9.97 Å². The van der Waals surface area contributed by atoms with Crippen LogP contribution in [0.25, 0.3) is 33.1 Å². The van der Waals surface area contributed by atoms with E-state index in [0.717, 1.165) is 27.2 Å². The molecular weight excluding hydrogens is 275 g/mol. The zero-order valence-electron chi connectivity index (χ0n) is 12.0. The number of halogens is 1. The first-order chi connectivity index (χ1) is 10.7. The molecule has 0 saturated heterocycles. The molecular formula is C19H13FN2. The average molecular weight is 288 g/mol. The van der Waals surface area contributed by atoms with Crippen LogP contribution in [-0.4, -0.2) is 9.97 Å². The molecule has 0 N–H and O–H groups in total. The molecule has 0 aliphatic rings. The summed E-state index contributed by atoms with van der Waals surface area (Å²) in [6.45, 7) is 1.86. The largest absolute Gasteiger partial charge is 0.236 e. The number of fused-ring (bicyclic) bond motifs is 3. The van der Waals surface area contributed by atoms with E-state index >= 15 is 0 Å². The molecule has 4 rings (SSSR count). The molecule has 3 aromatic carbocycles. The van der Waals surface area contributed by atoms with Gasteiger partial charge in [0.15, 0.2) is 5.82 Å². The second-order valence-corrected chi connectivity index (χ2v) is 5.43. The van der Waals surface area contributed by atoms with E-state index in [4.69, 9.17) is 0 Å². The standard InChI is InChI=1S/C19H13FN2/c1-12-8-14(10-15(20)9-12)19-21-11-17-16-5-3-2-4-13(16)6-7-18(17)22-19/h2-11H,1H3. The summed E-state index contributed by atoms with van der Waals surface area (Å²) in [6, 6.07) is 17.0. The first-order valence-electron chi connectivity index (χ1n) is 7.13. The van der Waals surface area contributed by atoms with Crippen LogP contribution >= 0.6 is 0 Å². The Bertz CT molecular complexity index is 988. The third kappa shape index (κ3) is 2.11. The van der Waals surface area contributed by atoms with Crippen LogP contribution < -0.4 is 0 Å². The van der Waals surface area contributed by atoms with Crippen molar-refractivity contribution in [1.29, 1.82) is 0 Å². The van der Waals surface area contributed by atoms with Crippen LogP contribution in [0.5, 0.6) is 0 Å². The van der Waals surface area contributed by atoms with Crippen molar-refractivity contribution >= 4 is 21.7 Å². The minimum atomic E-state index is -0.266. The van der Waals surface area contributed by atoms with Crippen LogP contribution in [0.3, 0.4) is 0 Å². The summed E-state index contributed by atoms with van der Waals surface area (Å²) in [5.41, 5.74) is 2.43. The van der Waals surface area contributed by atoms with Gasteiger partial charge in [-0.3, -0.25) is 0 Å². The fourth-order valence-electron chi connectivity index (χ4n) is 2.79. The number of nitrogens with zero attached hydrogens (tertiary/aromatic N) is 2. The highest BCUT2D eigenvalue weighted by Gasteiger charge is 2.07. The Morgan fingerprint density at radius 2 is 1.77 bits per heavy atom. The van der Waals surface area contributed by atoms with Gasteiger partial charge in [-0.05, 0) is 47.5 Å². The van der Waals surface area contributed by atoms with Gasteiger partial charge in [-0.15, -0.1) is 0 Å². The first kappa shape index (κ1) is 12.9. The maximum Gasteiger partial charge on any atom is 0.159 e. The van der Waals surface area contributed by atoms with Gasteiger partial charge in [0.1, 0.15) is 5.82 Å². The van der Waals surface area contributed by atoms with E-state index in [1.54, 1.807) is 0 Å². The molecule has 0 fully saturated rings. The minimum absolute atomic E-state index is 0.266. The second kappa shape index (κ2) is 4.88. The van der Waals surface area contributed by atoms with Crippen molar-refractivity contribution < 1.29 is 4.39 Å². The van der Waals surface area contributed by atoms with Gasteiger partial charge in [-0.2, -0.15) is 0 Å². The minimum Gasteiger partial charge on any atom is -0.236 e. The summed E-state index contributed by atoms with van der Waals surface area (Å²) in [5, 5.41) is 3.30. The van der Waals surface area contributed by atoms with Gasteiger partial charge in [0.2, 0.25) is 0 Å². The Morgan fingerprint density at radius 1 is 0.909 bits per heavy atom. The van der Waals surface area contributed by atoms with Crippen molar-refractivity contribution in [3.05, 3.63) is 72.2 Å². The van der Waals surface area contributed by atoms with Gasteiger partial charge in [0, 0.05) is 17.1 Å². The van der Waals surface area contributed by atoms with E-state index in [-0.39, 0.29) is 5.82 Å². The number of hydrogen-bond donors (Lipinski definition) is 0. The van der Waals surface area contributed by atoms with Crippen LogP contribution in [0.2, 0.25) is 0 Å². The zero-order valence-corrected chi connectivity index (χ0v) is 12.0. The smallest absolute Gasteiger partial charge is 0.159 e. The number of benzene rings is 3. The Hall–Kier alpha value is -2.81. The van der Waals surface area contributed by atoms with E-state index in [1.807, 2.05) is 43.5 Å². The number of hydrogen-bond acceptors (Lipinski definition) is 2. The first-order valence-corrected chi connectivity index (χ1v) is 7.13. The summed E-state index contributed by atoms with van der Waals surface area (Å²) in [4.78, 5) is 9.03. The van der Waals surface area contributed by atoms with Crippen LogP contribution in [0, 0.1) is 12.7 Å². The van der Waals surface area contributed by atoms with E-state index in [0.29, 0.717) is 11.4 Å². The quantitative estimate of drug-likeness (QED) is 0.466. The molecule has 22 heavy (non-hydrogen) atoms. The topological polar surface area (TPSA) is 25.8 Å². The normalized spacial score (nSPS) is 11.2. The van der Waals surface area contributed by atoms with Crippen LogP contribution in [0.4, 0.5) is 4.39 Å². The molecule has 0 aliphatic heterocycles. The van der Waals surface area contributed by atoms with Crippen molar-refractivity contribution in [3.8, 4) is 11.4 Å². The fraction of sp³-hybridized carbons (Fsp3) is 0.0526. The lowest BCUT2D eigenvalue weighted by molar-refractivity contribution is 0.627. The van der Waals surface area contributed by atoms with Crippen molar-refractivity contribution in [2.24, 2.45) is 0 Å². The summed E-state index contributed by atoms with van der Waals surface area (Å²) in [5.74, 6) is 0.280. The molecule has 0 bridgehead atoms. The molecule has 0 saturated carbocycles. The third-order valence-electron chi connectivity index (χ3n) is 3.79. The zero-order chi connectivity index (χ0) is 15.1. The Morgan fingerprint density at radius 3 is 2.64 bits per heavy atom. The summed E-state index contributed by atoms with van der Waals surface area (Å²) in [6.07, 6.45) is 1.82. The molecule has 0 radical (unpaired) electrons. The highest BCUT2D eigenvalue weighted by molar-refractivity contribution is 6.05. The highest BCUT2D eigenvalue weighted by atomic mass is 19.1. The monoisotopic (exact) mass is 288 g/mol. The van der Waals surface area contributed by atoms with Crippen LogP contribution in [-0.2, 0) is 0 Å². The highest BCUT2D eigenvalue weighted by Crippen LogP contribution is 2.26. The molecule has 0 amide bonds. The van der Waals surface area contributed by atoms with Crippen molar-refractivity contribution in [2.75, 3.05) is 0 Å². The van der Waals surface area contributed by atoms with Crippen molar-refractivity contribution in [2.45, 2.75) is 6.92 Å². The van der Waals surface area contributed by atoms with Gasteiger partial charge in [0.05, 0.1) is 5.52 Å². The summed E-state index contributed by atoms with van der Waals surface area (Å²) >= 11 is 0. The van der Waals surface area contributed by atoms with E-state index in [9.17, 15) is 4.39 Å². The Balaban J connectivity index is 1.96. The number of rotatable bonds is 1. The fourth-order valence-corrected chi connectivity index (χ4v) is 2.79. The van der Waals surface area contributed by atoms with Gasteiger partial charge in [-0.25, -0.2) is 14.4 Å². The molecule has 2 nitrogen and oxygen atoms in total. The molecule has 1 heterocycles. The lowest BCUT2D eigenvalue weighted by Crippen LogP contribution is -1.92. The van der Waals surface area contributed by atoms with Crippen molar-refractivity contribution in [3.63, 3.8) is 0 Å². The maximum absolute atomic E-state index is 13.6. The number of aryl methyl sites for hydroxylation is 1. The molecule has 106 valence electrons. The van der Waals surface area contributed by atoms with E-state index in [1.165, 1.54) is 12.1 Å². The lowest BCUT2D eigenvalue weighted by Gasteiger charge is -2.06. The summed E-state index contributed by atoms with van der Waals surface area (Å²) in [7, 11) is 0. The van der Waals surface area contributed by atoms with Crippen LogP contribution in [0.15, 0.2) is 60.8 Å². The van der Waals surface area contributed by atoms with Gasteiger partial charge in [-0.1, -0.05) is 30.3 Å². The second-order valence-electron chi connectivity index (χ2n) is 5.43. The van der Waals surface area contributed by atoms with Gasteiger partial charge < -0.3 is 0 Å². The summed E-state index contributed by atoms with van der Waals surface area (Å²) < 4.78 is 13.6. The molecule has 1 aromatic heterocycles. The lowest BCUT2D eigenvalue weighted by atomic mass is 10.1.